The van der Waals surface area contributed by atoms with Crippen molar-refractivity contribution >= 4 is 18.0 Å². The Bertz CT molecular complexity index is 845. The number of carbonyl (C=O) groups is 2. The second-order valence-corrected chi connectivity index (χ2v) is 6.59. The first-order valence-corrected chi connectivity index (χ1v) is 8.72. The molecule has 1 N–H and O–H groups in total. The Hall–Kier alpha value is -3.13. The SMILES string of the molecule is Cc1ccc(C(=O)N2CCC(c3ccc(C#N)cc3)CC2)cc1NC=O. The number of nitriles is 1. The van der Waals surface area contributed by atoms with Crippen LogP contribution in [0.3, 0.4) is 0 Å². The normalized spacial score (nSPS) is 14.5. The molecule has 2 amide bonds. The van der Waals surface area contributed by atoms with E-state index in [-0.39, 0.29) is 5.91 Å². The third kappa shape index (κ3) is 3.75. The van der Waals surface area contributed by atoms with E-state index >= 15 is 0 Å². The first-order valence-electron chi connectivity index (χ1n) is 8.72. The summed E-state index contributed by atoms with van der Waals surface area (Å²) in [5, 5.41) is 11.5. The molecule has 1 aliphatic heterocycles. The molecule has 1 aliphatic rings. The van der Waals surface area contributed by atoms with Gasteiger partial charge in [0.05, 0.1) is 11.6 Å². The smallest absolute Gasteiger partial charge is 0.253 e. The number of hydrogen-bond donors (Lipinski definition) is 1. The predicted octanol–water partition coefficient (Wildman–Crippen LogP) is 3.45. The minimum absolute atomic E-state index is 0.00257. The predicted molar refractivity (Wildman–Crippen MR) is 99.9 cm³/mol. The Morgan fingerprint density at radius 2 is 1.88 bits per heavy atom. The molecule has 0 saturated carbocycles. The summed E-state index contributed by atoms with van der Waals surface area (Å²) in [7, 11) is 0. The zero-order valence-corrected chi connectivity index (χ0v) is 14.7. The van der Waals surface area contributed by atoms with Gasteiger partial charge in [0, 0.05) is 24.3 Å². The average Bonchev–Trinajstić information content (AvgIpc) is 2.69. The van der Waals surface area contributed by atoms with Crippen molar-refractivity contribution in [3.8, 4) is 6.07 Å². The van der Waals surface area contributed by atoms with Crippen molar-refractivity contribution in [3.63, 3.8) is 0 Å². The van der Waals surface area contributed by atoms with E-state index in [1.54, 1.807) is 12.1 Å². The van der Waals surface area contributed by atoms with Crippen molar-refractivity contribution in [1.82, 2.24) is 4.90 Å². The van der Waals surface area contributed by atoms with Gasteiger partial charge in [-0.15, -0.1) is 0 Å². The quantitative estimate of drug-likeness (QED) is 0.861. The van der Waals surface area contributed by atoms with Crippen LogP contribution in [0.15, 0.2) is 42.5 Å². The number of amides is 2. The Labute approximate surface area is 153 Å². The van der Waals surface area contributed by atoms with Gasteiger partial charge in [0.2, 0.25) is 6.41 Å². The number of anilines is 1. The standard InChI is InChI=1S/C21H21N3O2/c1-15-2-5-19(12-20(15)23-14-25)21(26)24-10-8-18(9-11-24)17-6-3-16(13-22)4-7-17/h2-7,12,14,18H,8-11H2,1H3,(H,23,25). The third-order valence-corrected chi connectivity index (χ3v) is 4.99. The molecular formula is C21H21N3O2. The fourth-order valence-electron chi connectivity index (χ4n) is 3.40. The summed E-state index contributed by atoms with van der Waals surface area (Å²) < 4.78 is 0. The molecule has 2 aromatic carbocycles. The molecule has 1 fully saturated rings. The number of benzene rings is 2. The highest BCUT2D eigenvalue weighted by Gasteiger charge is 2.24. The van der Waals surface area contributed by atoms with Crippen LogP contribution in [-0.2, 0) is 4.79 Å². The number of rotatable bonds is 4. The number of likely N-dealkylation sites (tertiary alicyclic amines) is 1. The molecule has 5 nitrogen and oxygen atoms in total. The van der Waals surface area contributed by atoms with Crippen LogP contribution >= 0.6 is 0 Å². The lowest BCUT2D eigenvalue weighted by molar-refractivity contribution is -0.105. The van der Waals surface area contributed by atoms with E-state index in [1.807, 2.05) is 42.2 Å². The highest BCUT2D eigenvalue weighted by molar-refractivity contribution is 5.96. The summed E-state index contributed by atoms with van der Waals surface area (Å²) in [6, 6.07) is 15.2. The van der Waals surface area contributed by atoms with Gasteiger partial charge >= 0.3 is 0 Å². The molecule has 0 aliphatic carbocycles. The maximum absolute atomic E-state index is 12.8. The van der Waals surface area contributed by atoms with E-state index in [0.717, 1.165) is 18.4 Å². The number of nitrogens with zero attached hydrogens (tertiary/aromatic N) is 2. The zero-order chi connectivity index (χ0) is 18.5. The van der Waals surface area contributed by atoms with Gasteiger partial charge in [-0.3, -0.25) is 9.59 Å². The molecule has 0 bridgehead atoms. The van der Waals surface area contributed by atoms with Crippen molar-refractivity contribution in [2.24, 2.45) is 0 Å². The molecule has 0 radical (unpaired) electrons. The molecule has 0 unspecified atom stereocenters. The number of aryl methyl sites for hydroxylation is 1. The van der Waals surface area contributed by atoms with Crippen LogP contribution in [0.1, 0.15) is 45.8 Å². The molecule has 5 heteroatoms. The first-order chi connectivity index (χ1) is 12.6. The molecule has 2 aromatic rings. The minimum atomic E-state index is -0.00257. The highest BCUT2D eigenvalue weighted by atomic mass is 16.2. The lowest BCUT2D eigenvalue weighted by Crippen LogP contribution is -2.37. The number of carbonyl (C=O) groups excluding carboxylic acids is 2. The van der Waals surface area contributed by atoms with Gasteiger partial charge in [0.25, 0.3) is 5.91 Å². The number of piperidine rings is 1. The van der Waals surface area contributed by atoms with E-state index < -0.39 is 0 Å². The van der Waals surface area contributed by atoms with Gasteiger partial charge in [-0.05, 0) is 61.1 Å². The van der Waals surface area contributed by atoms with Gasteiger partial charge < -0.3 is 10.2 Å². The Morgan fingerprint density at radius 3 is 2.50 bits per heavy atom. The summed E-state index contributed by atoms with van der Waals surface area (Å²) >= 11 is 0. The van der Waals surface area contributed by atoms with E-state index in [2.05, 4.69) is 11.4 Å². The van der Waals surface area contributed by atoms with Gasteiger partial charge in [-0.25, -0.2) is 0 Å². The molecular weight excluding hydrogens is 326 g/mol. The molecule has 132 valence electrons. The van der Waals surface area contributed by atoms with E-state index in [0.29, 0.717) is 42.2 Å². The van der Waals surface area contributed by atoms with Crippen molar-refractivity contribution < 1.29 is 9.59 Å². The van der Waals surface area contributed by atoms with Gasteiger partial charge in [0.15, 0.2) is 0 Å². The molecule has 0 spiro atoms. The van der Waals surface area contributed by atoms with Crippen molar-refractivity contribution in [2.45, 2.75) is 25.7 Å². The van der Waals surface area contributed by atoms with Crippen LogP contribution in [-0.4, -0.2) is 30.3 Å². The summed E-state index contributed by atoms with van der Waals surface area (Å²) in [4.78, 5) is 25.3. The maximum atomic E-state index is 12.8. The van der Waals surface area contributed by atoms with Crippen LogP contribution < -0.4 is 5.32 Å². The molecule has 1 heterocycles. The lowest BCUT2D eigenvalue weighted by atomic mass is 9.89. The Morgan fingerprint density at radius 1 is 1.19 bits per heavy atom. The number of nitrogens with one attached hydrogen (secondary N) is 1. The summed E-state index contributed by atoms with van der Waals surface area (Å²) in [6.07, 6.45) is 2.44. The van der Waals surface area contributed by atoms with Crippen molar-refractivity contribution in [3.05, 3.63) is 64.7 Å². The van der Waals surface area contributed by atoms with Crippen LogP contribution in [0.5, 0.6) is 0 Å². The molecule has 0 aromatic heterocycles. The first kappa shape index (κ1) is 17.7. The lowest BCUT2D eigenvalue weighted by Gasteiger charge is -2.32. The van der Waals surface area contributed by atoms with E-state index in [4.69, 9.17) is 5.26 Å². The van der Waals surface area contributed by atoms with Crippen LogP contribution in [0.25, 0.3) is 0 Å². The van der Waals surface area contributed by atoms with Crippen molar-refractivity contribution in [1.29, 1.82) is 5.26 Å². The van der Waals surface area contributed by atoms with Gasteiger partial charge in [0.1, 0.15) is 0 Å². The summed E-state index contributed by atoms with van der Waals surface area (Å²) in [6.45, 7) is 3.30. The average molecular weight is 347 g/mol. The summed E-state index contributed by atoms with van der Waals surface area (Å²) in [5.74, 6) is 0.411. The third-order valence-electron chi connectivity index (χ3n) is 4.99. The summed E-state index contributed by atoms with van der Waals surface area (Å²) in [5.41, 5.74) is 4.08. The molecule has 1 saturated heterocycles. The molecule has 26 heavy (non-hydrogen) atoms. The van der Waals surface area contributed by atoms with Crippen molar-refractivity contribution in [2.75, 3.05) is 18.4 Å². The van der Waals surface area contributed by atoms with Crippen LogP contribution in [0.4, 0.5) is 5.69 Å². The van der Waals surface area contributed by atoms with E-state index in [1.165, 1.54) is 5.56 Å². The van der Waals surface area contributed by atoms with E-state index in [9.17, 15) is 9.59 Å². The highest BCUT2D eigenvalue weighted by Crippen LogP contribution is 2.29. The molecule has 3 rings (SSSR count). The number of hydrogen-bond acceptors (Lipinski definition) is 3. The fourth-order valence-corrected chi connectivity index (χ4v) is 3.40. The second-order valence-electron chi connectivity index (χ2n) is 6.59. The zero-order valence-electron chi connectivity index (χ0n) is 14.7. The maximum Gasteiger partial charge on any atom is 0.253 e. The largest absolute Gasteiger partial charge is 0.339 e. The topological polar surface area (TPSA) is 73.2 Å². The monoisotopic (exact) mass is 347 g/mol. The molecule has 0 atom stereocenters. The van der Waals surface area contributed by atoms with Gasteiger partial charge in [-0.1, -0.05) is 18.2 Å². The van der Waals surface area contributed by atoms with Crippen LogP contribution in [0.2, 0.25) is 0 Å². The van der Waals surface area contributed by atoms with Gasteiger partial charge in [-0.2, -0.15) is 5.26 Å². The Balaban J connectivity index is 1.65. The second kappa shape index (κ2) is 7.83. The fraction of sp³-hybridized carbons (Fsp3) is 0.286. The minimum Gasteiger partial charge on any atom is -0.339 e. The Kier molecular flexibility index (Phi) is 5.33. The van der Waals surface area contributed by atoms with Crippen LogP contribution in [0, 0.1) is 18.3 Å².